The molecule has 1 unspecified atom stereocenters. The van der Waals surface area contributed by atoms with E-state index in [1.807, 2.05) is 42.5 Å². The minimum absolute atomic E-state index is 0.102. The average molecular weight is 287 g/mol. The third-order valence-electron chi connectivity index (χ3n) is 3.33. The van der Waals surface area contributed by atoms with Crippen LogP contribution in [0, 0.1) is 5.92 Å². The van der Waals surface area contributed by atoms with Gasteiger partial charge >= 0.3 is 0 Å². The lowest BCUT2D eigenvalue weighted by Gasteiger charge is -2.18. The van der Waals surface area contributed by atoms with Gasteiger partial charge in [-0.05, 0) is 30.0 Å². The molecular weight excluding hydrogens is 268 g/mol. The summed E-state index contributed by atoms with van der Waals surface area (Å²) in [6, 6.07) is 17.2. The lowest BCUT2D eigenvalue weighted by atomic mass is 9.84. The highest BCUT2D eigenvalue weighted by atomic mass is 35.5. The third-order valence-corrected chi connectivity index (χ3v) is 3.57. The van der Waals surface area contributed by atoms with Gasteiger partial charge in [-0.25, -0.2) is 0 Å². The summed E-state index contributed by atoms with van der Waals surface area (Å²) in [6.45, 7) is 4.28. The molecule has 0 aliphatic carbocycles. The van der Waals surface area contributed by atoms with Crippen molar-refractivity contribution in [3.63, 3.8) is 0 Å². The van der Waals surface area contributed by atoms with Crippen molar-refractivity contribution in [2.24, 2.45) is 5.92 Å². The Morgan fingerprint density at radius 3 is 2.35 bits per heavy atom. The van der Waals surface area contributed by atoms with Crippen molar-refractivity contribution in [2.75, 3.05) is 0 Å². The fraction of sp³-hybridized carbons (Fsp3) is 0.278. The van der Waals surface area contributed by atoms with Gasteiger partial charge in [0.2, 0.25) is 0 Å². The van der Waals surface area contributed by atoms with Crippen LogP contribution in [0.1, 0.15) is 42.1 Å². The Hall–Kier alpha value is -1.60. The number of hydrogen-bond acceptors (Lipinski definition) is 1. The molecule has 0 heterocycles. The van der Waals surface area contributed by atoms with Crippen molar-refractivity contribution in [3.8, 4) is 0 Å². The molecule has 0 aliphatic rings. The molecule has 0 aliphatic heterocycles. The van der Waals surface area contributed by atoms with Crippen LogP contribution in [-0.4, -0.2) is 5.78 Å². The maximum atomic E-state index is 12.8. The zero-order valence-corrected chi connectivity index (χ0v) is 12.6. The Kier molecular flexibility index (Phi) is 4.97. The van der Waals surface area contributed by atoms with Crippen LogP contribution in [0.4, 0.5) is 0 Å². The van der Waals surface area contributed by atoms with E-state index in [0.29, 0.717) is 16.5 Å². The first-order valence-corrected chi connectivity index (χ1v) is 7.30. The predicted molar refractivity (Wildman–Crippen MR) is 84.4 cm³/mol. The molecule has 0 amide bonds. The Labute approximate surface area is 125 Å². The minimum Gasteiger partial charge on any atom is -0.293 e. The topological polar surface area (TPSA) is 17.1 Å². The van der Waals surface area contributed by atoms with Crippen LogP contribution in [0.25, 0.3) is 0 Å². The molecule has 0 bridgehead atoms. The first kappa shape index (κ1) is 14.8. The predicted octanol–water partition coefficient (Wildman–Crippen LogP) is 5.35. The summed E-state index contributed by atoms with van der Waals surface area (Å²) >= 11 is 5.99. The Bertz CT molecular complexity index is 575. The summed E-state index contributed by atoms with van der Waals surface area (Å²) in [5, 5.41) is 0.604. The van der Waals surface area contributed by atoms with Gasteiger partial charge in [-0.3, -0.25) is 4.79 Å². The van der Waals surface area contributed by atoms with E-state index in [2.05, 4.69) is 13.8 Å². The van der Waals surface area contributed by atoms with E-state index >= 15 is 0 Å². The molecule has 0 saturated heterocycles. The van der Waals surface area contributed by atoms with Crippen molar-refractivity contribution < 1.29 is 4.79 Å². The van der Waals surface area contributed by atoms with E-state index in [4.69, 9.17) is 11.6 Å². The molecule has 0 saturated carbocycles. The molecule has 2 heteroatoms. The van der Waals surface area contributed by atoms with E-state index < -0.39 is 0 Å². The number of ketones is 1. The van der Waals surface area contributed by atoms with E-state index in [0.717, 1.165) is 12.0 Å². The molecule has 0 aromatic heterocycles. The fourth-order valence-electron chi connectivity index (χ4n) is 2.39. The number of halogens is 1. The molecule has 20 heavy (non-hydrogen) atoms. The third kappa shape index (κ3) is 3.71. The zero-order chi connectivity index (χ0) is 14.5. The van der Waals surface area contributed by atoms with Gasteiger partial charge in [0.25, 0.3) is 0 Å². The van der Waals surface area contributed by atoms with Gasteiger partial charge in [0, 0.05) is 16.5 Å². The number of rotatable bonds is 5. The molecule has 104 valence electrons. The molecule has 1 nitrogen and oxygen atoms in total. The molecule has 0 N–H and O–H groups in total. The van der Waals surface area contributed by atoms with Gasteiger partial charge in [-0.15, -0.1) is 0 Å². The van der Waals surface area contributed by atoms with Crippen LogP contribution in [-0.2, 0) is 0 Å². The first-order valence-electron chi connectivity index (χ1n) is 6.92. The molecule has 2 aromatic rings. The van der Waals surface area contributed by atoms with Crippen LogP contribution in [0.3, 0.4) is 0 Å². The van der Waals surface area contributed by atoms with Crippen LogP contribution in [0.15, 0.2) is 54.6 Å². The van der Waals surface area contributed by atoms with E-state index in [1.54, 1.807) is 12.1 Å². The molecule has 0 spiro atoms. The van der Waals surface area contributed by atoms with Crippen molar-refractivity contribution in [1.82, 2.24) is 0 Å². The summed E-state index contributed by atoms with van der Waals surface area (Å²) in [6.07, 6.45) is 0.843. The van der Waals surface area contributed by atoms with Crippen molar-refractivity contribution in [2.45, 2.75) is 26.2 Å². The number of carbonyl (C=O) groups is 1. The molecule has 2 aromatic carbocycles. The van der Waals surface area contributed by atoms with Crippen molar-refractivity contribution in [3.05, 3.63) is 70.7 Å². The average Bonchev–Trinajstić information content (AvgIpc) is 2.45. The number of carbonyl (C=O) groups excluding carboxylic acids is 1. The van der Waals surface area contributed by atoms with E-state index in [9.17, 15) is 4.79 Å². The SMILES string of the molecule is CC(C)CC(C(=O)c1cccc(Cl)c1)c1ccccc1. The Balaban J connectivity index is 2.34. The maximum Gasteiger partial charge on any atom is 0.170 e. The molecular formula is C18H19ClO. The van der Waals surface area contributed by atoms with Crippen molar-refractivity contribution in [1.29, 1.82) is 0 Å². The summed E-state index contributed by atoms with van der Waals surface area (Å²) in [5.74, 6) is 0.505. The first-order chi connectivity index (χ1) is 9.58. The maximum absolute atomic E-state index is 12.8. The lowest BCUT2D eigenvalue weighted by molar-refractivity contribution is 0.0948. The number of benzene rings is 2. The van der Waals surface area contributed by atoms with Gasteiger partial charge in [0.15, 0.2) is 5.78 Å². The molecule has 2 rings (SSSR count). The highest BCUT2D eigenvalue weighted by molar-refractivity contribution is 6.31. The van der Waals surface area contributed by atoms with Crippen molar-refractivity contribution >= 4 is 17.4 Å². The summed E-state index contributed by atoms with van der Waals surface area (Å²) in [7, 11) is 0. The second kappa shape index (κ2) is 6.71. The Morgan fingerprint density at radius 1 is 1.05 bits per heavy atom. The fourth-order valence-corrected chi connectivity index (χ4v) is 2.58. The van der Waals surface area contributed by atoms with Gasteiger partial charge < -0.3 is 0 Å². The van der Waals surface area contributed by atoms with Gasteiger partial charge in [0.1, 0.15) is 0 Å². The highest BCUT2D eigenvalue weighted by Crippen LogP contribution is 2.28. The summed E-state index contributed by atoms with van der Waals surface area (Å²) in [5.41, 5.74) is 1.76. The normalized spacial score (nSPS) is 12.4. The van der Waals surface area contributed by atoms with Gasteiger partial charge in [-0.1, -0.05) is 67.9 Å². The second-order valence-electron chi connectivity index (χ2n) is 5.47. The van der Waals surface area contributed by atoms with E-state index in [1.165, 1.54) is 0 Å². The van der Waals surface area contributed by atoms with Gasteiger partial charge in [0.05, 0.1) is 0 Å². The molecule has 0 fully saturated rings. The largest absolute Gasteiger partial charge is 0.293 e. The smallest absolute Gasteiger partial charge is 0.170 e. The minimum atomic E-state index is -0.102. The number of Topliss-reactive ketones (excluding diaryl/α,β-unsaturated/α-hetero) is 1. The Morgan fingerprint density at radius 2 is 1.75 bits per heavy atom. The lowest BCUT2D eigenvalue weighted by Crippen LogP contribution is -2.15. The highest BCUT2D eigenvalue weighted by Gasteiger charge is 2.23. The van der Waals surface area contributed by atoms with E-state index in [-0.39, 0.29) is 11.7 Å². The van der Waals surface area contributed by atoms with Crippen LogP contribution < -0.4 is 0 Å². The molecule has 0 radical (unpaired) electrons. The monoisotopic (exact) mass is 286 g/mol. The van der Waals surface area contributed by atoms with Crippen LogP contribution in [0.5, 0.6) is 0 Å². The quantitative estimate of drug-likeness (QED) is 0.677. The van der Waals surface area contributed by atoms with Crippen LogP contribution in [0.2, 0.25) is 5.02 Å². The summed E-state index contributed by atoms with van der Waals surface area (Å²) in [4.78, 5) is 12.8. The second-order valence-corrected chi connectivity index (χ2v) is 5.90. The van der Waals surface area contributed by atoms with Gasteiger partial charge in [-0.2, -0.15) is 0 Å². The summed E-state index contributed by atoms with van der Waals surface area (Å²) < 4.78 is 0. The zero-order valence-electron chi connectivity index (χ0n) is 11.8. The van der Waals surface area contributed by atoms with Crippen LogP contribution >= 0.6 is 11.6 Å². The molecule has 1 atom stereocenters. The number of hydrogen-bond donors (Lipinski definition) is 0. The standard InChI is InChI=1S/C18H19ClO/c1-13(2)11-17(14-7-4-3-5-8-14)18(20)15-9-6-10-16(19)12-15/h3-10,12-13,17H,11H2,1-2H3.